The quantitative estimate of drug-likeness (QED) is 0.633. The van der Waals surface area contributed by atoms with Gasteiger partial charge in [0.05, 0.1) is 17.9 Å². The third kappa shape index (κ3) is 4.70. The maximum absolute atomic E-state index is 12.5. The molecular weight excluding hydrogens is 356 g/mol. The lowest BCUT2D eigenvalue weighted by Crippen LogP contribution is -2.15. The van der Waals surface area contributed by atoms with E-state index in [0.29, 0.717) is 16.9 Å². The average molecular weight is 376 g/mol. The Morgan fingerprint density at radius 2 is 1.79 bits per heavy atom. The Morgan fingerprint density at radius 1 is 1.04 bits per heavy atom. The number of rotatable bonds is 6. The topological polar surface area (TPSA) is 93.2 Å². The van der Waals surface area contributed by atoms with Crippen LogP contribution in [-0.2, 0) is 4.74 Å². The molecule has 0 radical (unpaired) electrons. The molecule has 142 valence electrons. The fourth-order valence-electron chi connectivity index (χ4n) is 2.48. The summed E-state index contributed by atoms with van der Waals surface area (Å²) in [6, 6.07) is 15.9. The normalized spacial score (nSPS) is 10.2. The number of aromatic nitrogens is 2. The van der Waals surface area contributed by atoms with Gasteiger partial charge >= 0.3 is 5.97 Å². The van der Waals surface area contributed by atoms with Gasteiger partial charge in [-0.1, -0.05) is 29.8 Å². The number of nitrogens with one attached hydrogen (secondary N) is 2. The summed E-state index contributed by atoms with van der Waals surface area (Å²) in [5, 5.41) is 5.77. The molecule has 2 aromatic carbocycles. The molecule has 1 heterocycles. The molecule has 7 nitrogen and oxygen atoms in total. The Hall–Kier alpha value is -3.74. The summed E-state index contributed by atoms with van der Waals surface area (Å²) in [5.41, 5.74) is 2.84. The molecule has 2 N–H and O–H groups in total. The number of ether oxygens (including phenoxy) is 1. The number of para-hydroxylation sites is 1. The van der Waals surface area contributed by atoms with Crippen molar-refractivity contribution in [1.82, 2.24) is 9.97 Å². The smallest absolute Gasteiger partial charge is 0.340 e. The van der Waals surface area contributed by atoms with Crippen LogP contribution in [0.1, 0.15) is 33.3 Å². The summed E-state index contributed by atoms with van der Waals surface area (Å²) in [6.07, 6.45) is 1.48. The predicted octanol–water partition coefficient (Wildman–Crippen LogP) is 3.96. The first-order valence-electron chi connectivity index (χ1n) is 8.81. The zero-order chi connectivity index (χ0) is 19.9. The second-order valence-corrected chi connectivity index (χ2v) is 5.98. The van der Waals surface area contributed by atoms with E-state index in [4.69, 9.17) is 4.74 Å². The fourth-order valence-corrected chi connectivity index (χ4v) is 2.48. The molecule has 28 heavy (non-hydrogen) atoms. The van der Waals surface area contributed by atoms with E-state index in [2.05, 4.69) is 20.6 Å². The second-order valence-electron chi connectivity index (χ2n) is 5.98. The molecule has 1 amide bonds. The van der Waals surface area contributed by atoms with E-state index in [1.807, 2.05) is 31.2 Å². The Labute approximate surface area is 162 Å². The van der Waals surface area contributed by atoms with Crippen molar-refractivity contribution in [2.24, 2.45) is 0 Å². The number of aryl methyl sites for hydroxylation is 1. The van der Waals surface area contributed by atoms with Crippen molar-refractivity contribution in [3.63, 3.8) is 0 Å². The average Bonchev–Trinajstić information content (AvgIpc) is 2.70. The van der Waals surface area contributed by atoms with Crippen molar-refractivity contribution >= 4 is 29.2 Å². The molecule has 0 aliphatic rings. The molecule has 0 aliphatic carbocycles. The van der Waals surface area contributed by atoms with Crippen molar-refractivity contribution in [1.29, 1.82) is 0 Å². The molecule has 0 atom stereocenters. The first-order valence-corrected chi connectivity index (χ1v) is 8.81. The third-order valence-corrected chi connectivity index (χ3v) is 3.87. The summed E-state index contributed by atoms with van der Waals surface area (Å²) < 4.78 is 5.06. The first-order chi connectivity index (χ1) is 13.6. The minimum Gasteiger partial charge on any atom is -0.462 e. The Balaban J connectivity index is 1.78. The number of carbonyl (C=O) groups excluding carboxylic acids is 2. The van der Waals surface area contributed by atoms with Gasteiger partial charge in [0, 0.05) is 11.9 Å². The lowest BCUT2D eigenvalue weighted by molar-refractivity contribution is 0.0527. The van der Waals surface area contributed by atoms with Crippen LogP contribution in [0.2, 0.25) is 0 Å². The van der Waals surface area contributed by atoms with E-state index in [9.17, 15) is 9.59 Å². The van der Waals surface area contributed by atoms with Crippen molar-refractivity contribution in [3.05, 3.63) is 77.6 Å². The number of amides is 1. The monoisotopic (exact) mass is 376 g/mol. The van der Waals surface area contributed by atoms with Gasteiger partial charge in [-0.15, -0.1) is 0 Å². The highest BCUT2D eigenvalue weighted by molar-refractivity contribution is 6.03. The zero-order valence-electron chi connectivity index (χ0n) is 15.6. The highest BCUT2D eigenvalue weighted by Gasteiger charge is 2.14. The molecule has 0 saturated heterocycles. The predicted molar refractivity (Wildman–Crippen MR) is 107 cm³/mol. The van der Waals surface area contributed by atoms with E-state index in [0.717, 1.165) is 5.56 Å². The van der Waals surface area contributed by atoms with E-state index in [-0.39, 0.29) is 24.2 Å². The summed E-state index contributed by atoms with van der Waals surface area (Å²) in [7, 11) is 0. The van der Waals surface area contributed by atoms with Gasteiger partial charge in [0.15, 0.2) is 0 Å². The van der Waals surface area contributed by atoms with Crippen LogP contribution in [0.25, 0.3) is 0 Å². The van der Waals surface area contributed by atoms with E-state index in [1.165, 1.54) is 12.3 Å². The SMILES string of the molecule is CCOC(=O)c1ccccc1Nc1nccc(C(=O)Nc2ccc(C)cc2)n1. The molecule has 0 aliphatic heterocycles. The number of esters is 1. The van der Waals surface area contributed by atoms with Crippen LogP contribution < -0.4 is 10.6 Å². The van der Waals surface area contributed by atoms with Crippen LogP contribution in [0.5, 0.6) is 0 Å². The number of anilines is 3. The summed E-state index contributed by atoms with van der Waals surface area (Å²) in [6.45, 7) is 3.99. The summed E-state index contributed by atoms with van der Waals surface area (Å²) in [4.78, 5) is 32.9. The molecule has 0 spiro atoms. The molecule has 0 unspecified atom stereocenters. The maximum atomic E-state index is 12.5. The van der Waals surface area contributed by atoms with Gasteiger partial charge < -0.3 is 15.4 Å². The minimum absolute atomic E-state index is 0.201. The van der Waals surface area contributed by atoms with Gasteiger partial charge in [-0.3, -0.25) is 4.79 Å². The number of nitrogens with zero attached hydrogens (tertiary/aromatic N) is 2. The van der Waals surface area contributed by atoms with Crippen LogP contribution in [0, 0.1) is 6.92 Å². The van der Waals surface area contributed by atoms with Gasteiger partial charge in [-0.2, -0.15) is 0 Å². The standard InChI is InChI=1S/C21H20N4O3/c1-3-28-20(27)16-6-4-5-7-17(16)24-21-22-13-12-18(25-21)19(26)23-15-10-8-14(2)9-11-15/h4-13H,3H2,1-2H3,(H,23,26)(H,22,24,25). The van der Waals surface area contributed by atoms with Gasteiger partial charge in [-0.05, 0) is 44.2 Å². The molecule has 0 saturated carbocycles. The fraction of sp³-hybridized carbons (Fsp3) is 0.143. The molecule has 3 aromatic rings. The van der Waals surface area contributed by atoms with Crippen LogP contribution in [-0.4, -0.2) is 28.5 Å². The van der Waals surface area contributed by atoms with Crippen molar-refractivity contribution in [2.45, 2.75) is 13.8 Å². The van der Waals surface area contributed by atoms with Crippen LogP contribution in [0.3, 0.4) is 0 Å². The number of benzene rings is 2. The molecule has 0 fully saturated rings. The second kappa shape index (κ2) is 8.77. The number of carbonyl (C=O) groups is 2. The van der Waals surface area contributed by atoms with Crippen molar-refractivity contribution in [2.75, 3.05) is 17.2 Å². The number of hydrogen-bond acceptors (Lipinski definition) is 6. The molecule has 3 rings (SSSR count). The number of hydrogen-bond donors (Lipinski definition) is 2. The molecular formula is C21H20N4O3. The van der Waals surface area contributed by atoms with Gasteiger partial charge in [-0.25, -0.2) is 14.8 Å². The molecule has 0 bridgehead atoms. The van der Waals surface area contributed by atoms with Crippen LogP contribution >= 0.6 is 0 Å². The summed E-state index contributed by atoms with van der Waals surface area (Å²) >= 11 is 0. The lowest BCUT2D eigenvalue weighted by Gasteiger charge is -2.11. The largest absolute Gasteiger partial charge is 0.462 e. The van der Waals surface area contributed by atoms with Gasteiger partial charge in [0.25, 0.3) is 5.91 Å². The van der Waals surface area contributed by atoms with Crippen molar-refractivity contribution in [3.8, 4) is 0 Å². The van der Waals surface area contributed by atoms with E-state index < -0.39 is 5.97 Å². The maximum Gasteiger partial charge on any atom is 0.340 e. The van der Waals surface area contributed by atoms with Crippen molar-refractivity contribution < 1.29 is 14.3 Å². The molecule has 7 heteroatoms. The Morgan fingerprint density at radius 3 is 2.54 bits per heavy atom. The Kier molecular flexibility index (Phi) is 5.96. The van der Waals surface area contributed by atoms with Crippen LogP contribution in [0.4, 0.5) is 17.3 Å². The van der Waals surface area contributed by atoms with Crippen LogP contribution in [0.15, 0.2) is 60.8 Å². The molecule has 1 aromatic heterocycles. The first kappa shape index (κ1) is 19.0. The van der Waals surface area contributed by atoms with E-state index >= 15 is 0 Å². The summed E-state index contributed by atoms with van der Waals surface area (Å²) in [5.74, 6) is -0.597. The highest BCUT2D eigenvalue weighted by atomic mass is 16.5. The van der Waals surface area contributed by atoms with E-state index in [1.54, 1.807) is 31.2 Å². The lowest BCUT2D eigenvalue weighted by atomic mass is 10.2. The highest BCUT2D eigenvalue weighted by Crippen LogP contribution is 2.20. The Bertz CT molecular complexity index is 987. The zero-order valence-corrected chi connectivity index (χ0v) is 15.6. The minimum atomic E-state index is -0.445. The van der Waals surface area contributed by atoms with Gasteiger partial charge in [0.1, 0.15) is 5.69 Å². The third-order valence-electron chi connectivity index (χ3n) is 3.87. The van der Waals surface area contributed by atoms with Gasteiger partial charge in [0.2, 0.25) is 5.95 Å².